The monoisotopic (exact) mass is 280 g/mol. The first-order valence-corrected chi connectivity index (χ1v) is 6.76. The summed E-state index contributed by atoms with van der Waals surface area (Å²) in [7, 11) is 0. The molecule has 1 amide bonds. The molecule has 0 aliphatic heterocycles. The first kappa shape index (κ1) is 13.3. The van der Waals surface area contributed by atoms with Crippen molar-refractivity contribution in [2.24, 2.45) is 0 Å². The van der Waals surface area contributed by atoms with Crippen molar-refractivity contribution >= 4 is 22.5 Å². The van der Waals surface area contributed by atoms with Crippen molar-refractivity contribution in [3.8, 4) is 0 Å². The Balaban J connectivity index is 1.91. The standard InChI is InChI=1S/C16H16N4O/c1-11-8-17-9-15(18-11)10-20-6-5-13-7-14(19-12(2)21)3-4-16(13)20/h3-9H,10H2,1-2H3,(H,19,21). The molecule has 5 nitrogen and oxygen atoms in total. The van der Waals surface area contributed by atoms with Crippen LogP contribution in [0.3, 0.4) is 0 Å². The van der Waals surface area contributed by atoms with Crippen LogP contribution in [0.4, 0.5) is 5.69 Å². The Morgan fingerprint density at radius 1 is 1.29 bits per heavy atom. The number of hydrogen-bond acceptors (Lipinski definition) is 3. The fourth-order valence-electron chi connectivity index (χ4n) is 2.39. The second-order valence-corrected chi connectivity index (χ2v) is 5.05. The van der Waals surface area contributed by atoms with Crippen molar-refractivity contribution in [3.05, 3.63) is 54.2 Å². The number of anilines is 1. The molecule has 106 valence electrons. The molecule has 3 rings (SSSR count). The minimum absolute atomic E-state index is 0.0659. The molecule has 2 aromatic heterocycles. The predicted octanol–water partition coefficient (Wildman–Crippen LogP) is 2.75. The Bertz CT molecular complexity index is 807. The minimum atomic E-state index is -0.0659. The van der Waals surface area contributed by atoms with Gasteiger partial charge < -0.3 is 9.88 Å². The van der Waals surface area contributed by atoms with Crippen LogP contribution in [0.2, 0.25) is 0 Å². The predicted molar refractivity (Wildman–Crippen MR) is 82.1 cm³/mol. The number of nitrogens with zero attached hydrogens (tertiary/aromatic N) is 3. The third-order valence-electron chi connectivity index (χ3n) is 3.23. The Morgan fingerprint density at radius 2 is 2.14 bits per heavy atom. The van der Waals surface area contributed by atoms with Gasteiger partial charge in [0.25, 0.3) is 0 Å². The van der Waals surface area contributed by atoms with Crippen molar-refractivity contribution in [1.82, 2.24) is 14.5 Å². The van der Waals surface area contributed by atoms with E-state index in [1.165, 1.54) is 6.92 Å². The summed E-state index contributed by atoms with van der Waals surface area (Å²) in [6.45, 7) is 4.12. The van der Waals surface area contributed by atoms with E-state index in [1.807, 2.05) is 37.4 Å². The molecule has 1 N–H and O–H groups in total. The summed E-state index contributed by atoms with van der Waals surface area (Å²) < 4.78 is 2.12. The number of carbonyl (C=O) groups excluding carboxylic acids is 1. The number of benzene rings is 1. The van der Waals surface area contributed by atoms with E-state index in [4.69, 9.17) is 0 Å². The molecule has 0 fully saturated rings. The minimum Gasteiger partial charge on any atom is -0.341 e. The zero-order valence-electron chi connectivity index (χ0n) is 12.0. The zero-order chi connectivity index (χ0) is 14.8. The van der Waals surface area contributed by atoms with E-state index in [-0.39, 0.29) is 5.91 Å². The van der Waals surface area contributed by atoms with Crippen LogP contribution in [0.25, 0.3) is 10.9 Å². The maximum absolute atomic E-state index is 11.1. The first-order valence-electron chi connectivity index (χ1n) is 6.76. The molecule has 0 saturated carbocycles. The van der Waals surface area contributed by atoms with Crippen molar-refractivity contribution < 1.29 is 4.79 Å². The lowest BCUT2D eigenvalue weighted by Gasteiger charge is -2.06. The smallest absolute Gasteiger partial charge is 0.221 e. The number of aryl methyl sites for hydroxylation is 1. The lowest BCUT2D eigenvalue weighted by molar-refractivity contribution is -0.114. The summed E-state index contributed by atoms with van der Waals surface area (Å²) in [4.78, 5) is 19.7. The molecule has 0 aliphatic rings. The van der Waals surface area contributed by atoms with Gasteiger partial charge in [0.2, 0.25) is 5.91 Å². The average molecular weight is 280 g/mol. The first-order chi connectivity index (χ1) is 10.1. The average Bonchev–Trinajstić information content (AvgIpc) is 2.81. The van der Waals surface area contributed by atoms with Gasteiger partial charge in [0, 0.05) is 35.9 Å². The Kier molecular flexibility index (Phi) is 3.39. The van der Waals surface area contributed by atoms with Gasteiger partial charge in [-0.05, 0) is 31.2 Å². The molecule has 0 bridgehead atoms. The van der Waals surface area contributed by atoms with Crippen molar-refractivity contribution in [1.29, 1.82) is 0 Å². The highest BCUT2D eigenvalue weighted by atomic mass is 16.1. The van der Waals surface area contributed by atoms with Crippen LogP contribution in [-0.2, 0) is 11.3 Å². The summed E-state index contributed by atoms with van der Waals surface area (Å²) in [6.07, 6.45) is 5.55. The van der Waals surface area contributed by atoms with Gasteiger partial charge in [-0.15, -0.1) is 0 Å². The molecule has 0 radical (unpaired) electrons. The van der Waals surface area contributed by atoms with Gasteiger partial charge in [-0.25, -0.2) is 0 Å². The van der Waals surface area contributed by atoms with Gasteiger partial charge >= 0.3 is 0 Å². The molecule has 21 heavy (non-hydrogen) atoms. The molecule has 0 aliphatic carbocycles. The summed E-state index contributed by atoms with van der Waals surface area (Å²) in [5, 5.41) is 3.88. The summed E-state index contributed by atoms with van der Waals surface area (Å²) in [5.74, 6) is -0.0659. The Labute approximate surface area is 122 Å². The largest absolute Gasteiger partial charge is 0.341 e. The lowest BCUT2D eigenvalue weighted by atomic mass is 10.2. The van der Waals surface area contributed by atoms with Gasteiger partial charge in [0.15, 0.2) is 0 Å². The molecular formula is C16H16N4O. The van der Waals surface area contributed by atoms with Crippen LogP contribution in [0.1, 0.15) is 18.3 Å². The number of nitrogens with one attached hydrogen (secondary N) is 1. The molecule has 0 spiro atoms. The summed E-state index contributed by atoms with van der Waals surface area (Å²) >= 11 is 0. The fraction of sp³-hybridized carbons (Fsp3) is 0.188. The molecular weight excluding hydrogens is 264 g/mol. The van der Waals surface area contributed by atoms with Gasteiger partial charge in [0.05, 0.1) is 24.1 Å². The van der Waals surface area contributed by atoms with Crippen molar-refractivity contribution in [3.63, 3.8) is 0 Å². The van der Waals surface area contributed by atoms with E-state index in [0.29, 0.717) is 6.54 Å². The van der Waals surface area contributed by atoms with E-state index in [1.54, 1.807) is 12.4 Å². The van der Waals surface area contributed by atoms with Crippen LogP contribution in [0.5, 0.6) is 0 Å². The van der Waals surface area contributed by atoms with E-state index in [2.05, 4.69) is 19.9 Å². The van der Waals surface area contributed by atoms with E-state index in [9.17, 15) is 4.79 Å². The highest BCUT2D eigenvalue weighted by Crippen LogP contribution is 2.21. The number of fused-ring (bicyclic) bond motifs is 1. The number of aromatic nitrogens is 3. The van der Waals surface area contributed by atoms with Crippen LogP contribution in [0.15, 0.2) is 42.9 Å². The highest BCUT2D eigenvalue weighted by molar-refractivity contribution is 5.92. The molecule has 1 aromatic carbocycles. The Hall–Kier alpha value is -2.69. The zero-order valence-corrected chi connectivity index (χ0v) is 12.0. The molecule has 5 heteroatoms. The van der Waals surface area contributed by atoms with Gasteiger partial charge in [-0.3, -0.25) is 14.8 Å². The normalized spacial score (nSPS) is 10.8. The van der Waals surface area contributed by atoms with Crippen LogP contribution >= 0.6 is 0 Å². The second kappa shape index (κ2) is 5.36. The van der Waals surface area contributed by atoms with Crippen molar-refractivity contribution in [2.45, 2.75) is 20.4 Å². The summed E-state index contributed by atoms with van der Waals surface area (Å²) in [6, 6.07) is 7.91. The van der Waals surface area contributed by atoms with E-state index in [0.717, 1.165) is 28.0 Å². The Morgan fingerprint density at radius 3 is 2.90 bits per heavy atom. The third-order valence-corrected chi connectivity index (χ3v) is 3.23. The third kappa shape index (κ3) is 2.91. The molecule has 2 heterocycles. The number of hydrogen-bond donors (Lipinski definition) is 1. The second-order valence-electron chi connectivity index (χ2n) is 5.05. The van der Waals surface area contributed by atoms with Crippen LogP contribution in [0, 0.1) is 6.92 Å². The number of rotatable bonds is 3. The van der Waals surface area contributed by atoms with Crippen LogP contribution < -0.4 is 5.32 Å². The SMILES string of the molecule is CC(=O)Nc1ccc2c(ccn2Cc2cncc(C)n2)c1. The number of amides is 1. The van der Waals surface area contributed by atoms with E-state index < -0.39 is 0 Å². The maximum Gasteiger partial charge on any atom is 0.221 e. The van der Waals surface area contributed by atoms with Gasteiger partial charge in [0.1, 0.15) is 0 Å². The van der Waals surface area contributed by atoms with E-state index >= 15 is 0 Å². The lowest BCUT2D eigenvalue weighted by Crippen LogP contribution is -2.05. The topological polar surface area (TPSA) is 59.8 Å². The fourth-order valence-corrected chi connectivity index (χ4v) is 2.39. The van der Waals surface area contributed by atoms with Gasteiger partial charge in [-0.2, -0.15) is 0 Å². The molecule has 0 unspecified atom stereocenters. The maximum atomic E-state index is 11.1. The summed E-state index contributed by atoms with van der Waals surface area (Å²) in [5.41, 5.74) is 3.76. The van der Waals surface area contributed by atoms with Crippen molar-refractivity contribution in [2.75, 3.05) is 5.32 Å². The van der Waals surface area contributed by atoms with Gasteiger partial charge in [-0.1, -0.05) is 0 Å². The molecule has 3 aromatic rings. The highest BCUT2D eigenvalue weighted by Gasteiger charge is 2.05. The molecule has 0 atom stereocenters. The molecule has 0 saturated heterocycles. The van der Waals surface area contributed by atoms with Crippen LogP contribution in [-0.4, -0.2) is 20.4 Å². The number of carbonyl (C=O) groups is 1. The quantitative estimate of drug-likeness (QED) is 0.802.